The maximum Gasteiger partial charge on any atom is 0.168 e. The van der Waals surface area contributed by atoms with E-state index in [1.54, 1.807) is 7.11 Å². The molecule has 1 fully saturated rings. The third-order valence-corrected chi connectivity index (χ3v) is 4.32. The van der Waals surface area contributed by atoms with Gasteiger partial charge in [0.05, 0.1) is 11.6 Å². The molecular formula is C14H18BrNO3. The fraction of sp³-hybridized carbons (Fsp3) is 0.571. The molecule has 0 aliphatic carbocycles. The smallest absolute Gasteiger partial charge is 0.168 e. The molecule has 0 unspecified atom stereocenters. The Hall–Kier alpha value is -0.940. The third kappa shape index (κ3) is 2.41. The van der Waals surface area contributed by atoms with Crippen molar-refractivity contribution in [2.45, 2.75) is 18.8 Å². The molecule has 2 aliphatic rings. The maximum absolute atomic E-state index is 5.86. The topological polar surface area (TPSA) is 39.7 Å². The van der Waals surface area contributed by atoms with Crippen LogP contribution in [-0.2, 0) is 0 Å². The number of methoxy groups -OCH3 is 1. The van der Waals surface area contributed by atoms with Gasteiger partial charge < -0.3 is 19.5 Å². The van der Waals surface area contributed by atoms with Crippen LogP contribution in [0.15, 0.2) is 10.5 Å². The highest BCUT2D eigenvalue weighted by Gasteiger charge is 2.29. The van der Waals surface area contributed by atoms with Gasteiger partial charge in [0, 0.05) is 11.6 Å². The van der Waals surface area contributed by atoms with Crippen molar-refractivity contribution in [2.24, 2.45) is 0 Å². The molecule has 104 valence electrons. The van der Waals surface area contributed by atoms with Crippen molar-refractivity contribution in [3.8, 4) is 17.2 Å². The van der Waals surface area contributed by atoms with Crippen LogP contribution in [-0.4, -0.2) is 33.4 Å². The molecule has 5 heteroatoms. The van der Waals surface area contributed by atoms with Crippen molar-refractivity contribution in [1.82, 2.24) is 5.32 Å². The Morgan fingerprint density at radius 2 is 2.00 bits per heavy atom. The zero-order chi connectivity index (χ0) is 13.2. The Morgan fingerprint density at radius 3 is 2.74 bits per heavy atom. The van der Waals surface area contributed by atoms with Crippen LogP contribution in [0.2, 0.25) is 0 Å². The van der Waals surface area contributed by atoms with E-state index >= 15 is 0 Å². The second kappa shape index (κ2) is 5.59. The van der Waals surface area contributed by atoms with Gasteiger partial charge in [-0.25, -0.2) is 0 Å². The van der Waals surface area contributed by atoms with Gasteiger partial charge in [-0.1, -0.05) is 0 Å². The number of hydrogen-bond donors (Lipinski definition) is 1. The Morgan fingerprint density at radius 1 is 1.26 bits per heavy atom. The van der Waals surface area contributed by atoms with E-state index in [1.807, 2.05) is 6.07 Å². The molecule has 0 spiro atoms. The van der Waals surface area contributed by atoms with Crippen LogP contribution in [0.3, 0.4) is 0 Å². The van der Waals surface area contributed by atoms with E-state index in [1.165, 1.54) is 0 Å². The third-order valence-electron chi connectivity index (χ3n) is 3.73. The minimum absolute atomic E-state index is 0.462. The molecule has 0 aromatic heterocycles. The van der Waals surface area contributed by atoms with E-state index in [-0.39, 0.29) is 0 Å². The number of rotatable bonds is 2. The number of fused-ring (bicyclic) bond motifs is 1. The highest BCUT2D eigenvalue weighted by molar-refractivity contribution is 9.10. The Kier molecular flexibility index (Phi) is 3.84. The zero-order valence-electron chi connectivity index (χ0n) is 11.0. The Bertz CT molecular complexity index is 472. The van der Waals surface area contributed by atoms with Gasteiger partial charge in [-0.3, -0.25) is 0 Å². The summed E-state index contributed by atoms with van der Waals surface area (Å²) in [5, 5.41) is 3.39. The molecule has 4 nitrogen and oxygen atoms in total. The van der Waals surface area contributed by atoms with Crippen molar-refractivity contribution in [3.05, 3.63) is 16.1 Å². The Labute approximate surface area is 121 Å². The van der Waals surface area contributed by atoms with Crippen LogP contribution in [0.1, 0.15) is 24.3 Å². The van der Waals surface area contributed by atoms with Gasteiger partial charge >= 0.3 is 0 Å². The number of piperidine rings is 1. The van der Waals surface area contributed by atoms with Crippen molar-refractivity contribution in [2.75, 3.05) is 33.4 Å². The lowest BCUT2D eigenvalue weighted by atomic mass is 9.88. The Balaban J connectivity index is 2.09. The van der Waals surface area contributed by atoms with E-state index in [0.717, 1.165) is 53.2 Å². The summed E-state index contributed by atoms with van der Waals surface area (Å²) in [5.74, 6) is 3.05. The number of benzene rings is 1. The average Bonchev–Trinajstić information content (AvgIpc) is 2.46. The molecular weight excluding hydrogens is 310 g/mol. The number of nitrogens with one attached hydrogen (secondary N) is 1. The first-order valence-electron chi connectivity index (χ1n) is 6.68. The van der Waals surface area contributed by atoms with Gasteiger partial charge in [0.15, 0.2) is 11.5 Å². The first-order valence-corrected chi connectivity index (χ1v) is 7.47. The highest BCUT2D eigenvalue weighted by atomic mass is 79.9. The summed E-state index contributed by atoms with van der Waals surface area (Å²) >= 11 is 3.58. The van der Waals surface area contributed by atoms with Gasteiger partial charge in [-0.15, -0.1) is 0 Å². The highest BCUT2D eigenvalue weighted by Crippen LogP contribution is 2.49. The predicted octanol–water partition coefficient (Wildman–Crippen LogP) is 2.70. The molecule has 0 atom stereocenters. The molecule has 1 N–H and O–H groups in total. The first kappa shape index (κ1) is 13.1. The standard InChI is InChI=1S/C14H18BrNO3/c1-17-13-10(15)8-11-14(19-7-6-18-11)12(13)9-2-4-16-5-3-9/h8-9,16H,2-7H2,1H3. The summed E-state index contributed by atoms with van der Waals surface area (Å²) in [4.78, 5) is 0. The first-order chi connectivity index (χ1) is 9.31. The molecule has 0 saturated carbocycles. The second-order valence-electron chi connectivity index (χ2n) is 4.85. The fourth-order valence-corrected chi connectivity index (χ4v) is 3.43. The summed E-state index contributed by atoms with van der Waals surface area (Å²) < 4.78 is 18.1. The monoisotopic (exact) mass is 327 g/mol. The van der Waals surface area contributed by atoms with Gasteiger partial charge in [-0.05, 0) is 47.8 Å². The van der Waals surface area contributed by atoms with Crippen LogP contribution in [0, 0.1) is 0 Å². The van der Waals surface area contributed by atoms with Crippen LogP contribution >= 0.6 is 15.9 Å². The van der Waals surface area contributed by atoms with Gasteiger partial charge in [0.1, 0.15) is 19.0 Å². The minimum atomic E-state index is 0.462. The lowest BCUT2D eigenvalue weighted by Crippen LogP contribution is -2.28. The molecule has 19 heavy (non-hydrogen) atoms. The summed E-state index contributed by atoms with van der Waals surface area (Å²) in [7, 11) is 1.71. The van der Waals surface area contributed by atoms with Crippen molar-refractivity contribution in [3.63, 3.8) is 0 Å². The molecule has 0 bridgehead atoms. The zero-order valence-corrected chi connectivity index (χ0v) is 12.6. The van der Waals surface area contributed by atoms with E-state index in [9.17, 15) is 0 Å². The molecule has 1 aromatic rings. The maximum atomic E-state index is 5.86. The molecule has 3 rings (SSSR count). The fourth-order valence-electron chi connectivity index (χ4n) is 2.85. The van der Waals surface area contributed by atoms with E-state index in [4.69, 9.17) is 14.2 Å². The summed E-state index contributed by atoms with van der Waals surface area (Å²) in [6.07, 6.45) is 2.20. The van der Waals surface area contributed by atoms with E-state index in [2.05, 4.69) is 21.2 Å². The summed E-state index contributed by atoms with van der Waals surface area (Å²) in [5.41, 5.74) is 1.16. The van der Waals surface area contributed by atoms with Gasteiger partial charge in [-0.2, -0.15) is 0 Å². The van der Waals surface area contributed by atoms with Crippen molar-refractivity contribution in [1.29, 1.82) is 0 Å². The van der Waals surface area contributed by atoms with Crippen molar-refractivity contribution >= 4 is 15.9 Å². The SMILES string of the molecule is COc1c(Br)cc2c(c1C1CCNCC1)OCCO2. The largest absolute Gasteiger partial charge is 0.495 e. The quantitative estimate of drug-likeness (QED) is 0.906. The molecule has 2 heterocycles. The predicted molar refractivity (Wildman–Crippen MR) is 76.5 cm³/mol. The van der Waals surface area contributed by atoms with E-state index in [0.29, 0.717) is 19.1 Å². The number of ether oxygens (including phenoxy) is 3. The lowest BCUT2D eigenvalue weighted by molar-refractivity contribution is 0.167. The van der Waals surface area contributed by atoms with Gasteiger partial charge in [0.2, 0.25) is 0 Å². The molecule has 0 radical (unpaired) electrons. The van der Waals surface area contributed by atoms with Crippen LogP contribution in [0.25, 0.3) is 0 Å². The molecule has 1 saturated heterocycles. The molecule has 0 amide bonds. The number of hydrogen-bond acceptors (Lipinski definition) is 4. The van der Waals surface area contributed by atoms with Gasteiger partial charge in [0.25, 0.3) is 0 Å². The minimum Gasteiger partial charge on any atom is -0.495 e. The second-order valence-corrected chi connectivity index (χ2v) is 5.71. The van der Waals surface area contributed by atoms with Crippen LogP contribution in [0.4, 0.5) is 0 Å². The van der Waals surface area contributed by atoms with Crippen LogP contribution in [0.5, 0.6) is 17.2 Å². The number of halogens is 1. The van der Waals surface area contributed by atoms with Crippen LogP contribution < -0.4 is 19.5 Å². The molecule has 2 aliphatic heterocycles. The molecule has 1 aromatic carbocycles. The summed E-state index contributed by atoms with van der Waals surface area (Å²) in [6.45, 7) is 3.29. The lowest BCUT2D eigenvalue weighted by Gasteiger charge is -2.30. The summed E-state index contributed by atoms with van der Waals surface area (Å²) in [6, 6.07) is 1.94. The van der Waals surface area contributed by atoms with Crippen molar-refractivity contribution < 1.29 is 14.2 Å². The average molecular weight is 328 g/mol. The van der Waals surface area contributed by atoms with E-state index < -0.39 is 0 Å². The normalized spacial score (nSPS) is 19.3.